The Kier molecular flexibility index (Phi) is 4.32. The van der Waals surface area contributed by atoms with Gasteiger partial charge < -0.3 is 10.5 Å². The summed E-state index contributed by atoms with van der Waals surface area (Å²) in [5.41, 5.74) is 7.21. The van der Waals surface area contributed by atoms with Crippen molar-refractivity contribution < 1.29 is 4.74 Å². The monoisotopic (exact) mass is 249 g/mol. The summed E-state index contributed by atoms with van der Waals surface area (Å²) in [6, 6.07) is 6.05. The van der Waals surface area contributed by atoms with Crippen LogP contribution in [0.4, 0.5) is 0 Å². The van der Waals surface area contributed by atoms with Gasteiger partial charge in [-0.3, -0.25) is 9.88 Å². The molecule has 0 aliphatic heterocycles. The molecule has 0 saturated heterocycles. The van der Waals surface area contributed by atoms with Gasteiger partial charge in [0.1, 0.15) is 0 Å². The van der Waals surface area contributed by atoms with E-state index in [1.54, 1.807) is 7.11 Å². The van der Waals surface area contributed by atoms with Gasteiger partial charge in [0, 0.05) is 31.9 Å². The van der Waals surface area contributed by atoms with Crippen LogP contribution < -0.4 is 5.73 Å². The summed E-state index contributed by atoms with van der Waals surface area (Å²) in [5, 5.41) is 0. The summed E-state index contributed by atoms with van der Waals surface area (Å²) in [6.07, 6.45) is 4.27. The third-order valence-corrected chi connectivity index (χ3v) is 4.06. The Balaban J connectivity index is 2.04. The van der Waals surface area contributed by atoms with Crippen LogP contribution in [0.5, 0.6) is 0 Å². The second-order valence-electron chi connectivity index (χ2n) is 5.03. The van der Waals surface area contributed by atoms with Gasteiger partial charge in [0.2, 0.25) is 0 Å². The Morgan fingerprint density at radius 3 is 2.78 bits per heavy atom. The first-order valence-corrected chi connectivity index (χ1v) is 6.62. The fourth-order valence-electron chi connectivity index (χ4n) is 2.81. The van der Waals surface area contributed by atoms with Gasteiger partial charge in [0.05, 0.1) is 11.8 Å². The number of ether oxygens (including phenoxy) is 1. The number of hydrogen-bond donors (Lipinski definition) is 1. The molecule has 2 rings (SSSR count). The highest BCUT2D eigenvalue weighted by atomic mass is 16.5. The Labute approximate surface area is 109 Å². The van der Waals surface area contributed by atoms with Crippen LogP contribution >= 0.6 is 0 Å². The van der Waals surface area contributed by atoms with Crippen molar-refractivity contribution in [3.8, 4) is 0 Å². The quantitative estimate of drug-likeness (QED) is 0.828. The molecule has 1 aromatic heterocycles. The summed E-state index contributed by atoms with van der Waals surface area (Å²) < 4.78 is 5.39. The highest BCUT2D eigenvalue weighted by molar-refractivity contribution is 5.08. The highest BCUT2D eigenvalue weighted by Crippen LogP contribution is 2.39. The smallest absolute Gasteiger partial charge is 0.0607 e. The zero-order valence-corrected chi connectivity index (χ0v) is 11.3. The minimum Gasteiger partial charge on any atom is -0.381 e. The number of nitrogens with two attached hydrogens (primary N) is 1. The molecule has 0 aromatic carbocycles. The number of pyridine rings is 1. The molecule has 2 N–H and O–H groups in total. The molecule has 0 spiro atoms. The molecule has 0 unspecified atom stereocenters. The average Bonchev–Trinajstić information content (AvgIpc) is 2.38. The van der Waals surface area contributed by atoms with Crippen molar-refractivity contribution in [3.05, 3.63) is 30.1 Å². The first-order valence-electron chi connectivity index (χ1n) is 6.62. The molecule has 4 nitrogen and oxygen atoms in total. The Hall–Kier alpha value is -0.970. The minimum atomic E-state index is 0.104. The predicted octanol–water partition coefficient (Wildman–Crippen LogP) is 1.41. The summed E-state index contributed by atoms with van der Waals surface area (Å²) in [4.78, 5) is 6.83. The molecule has 1 heterocycles. The maximum Gasteiger partial charge on any atom is 0.0607 e. The van der Waals surface area contributed by atoms with Gasteiger partial charge in [0.15, 0.2) is 0 Å². The molecule has 18 heavy (non-hydrogen) atoms. The van der Waals surface area contributed by atoms with E-state index in [1.807, 2.05) is 18.3 Å². The Morgan fingerprint density at radius 2 is 2.28 bits per heavy atom. The minimum absolute atomic E-state index is 0.104. The number of nitrogens with zero attached hydrogens (tertiary/aromatic N) is 2. The van der Waals surface area contributed by atoms with Crippen molar-refractivity contribution >= 4 is 0 Å². The van der Waals surface area contributed by atoms with E-state index >= 15 is 0 Å². The molecule has 0 amide bonds. The van der Waals surface area contributed by atoms with E-state index in [-0.39, 0.29) is 5.54 Å². The topological polar surface area (TPSA) is 51.4 Å². The van der Waals surface area contributed by atoms with Crippen LogP contribution in [0.1, 0.15) is 25.5 Å². The van der Waals surface area contributed by atoms with E-state index in [1.165, 1.54) is 0 Å². The molecular formula is C14H23N3O. The van der Waals surface area contributed by atoms with Gasteiger partial charge in [-0.1, -0.05) is 13.0 Å². The Morgan fingerprint density at radius 1 is 1.50 bits per heavy atom. The summed E-state index contributed by atoms with van der Waals surface area (Å²) in [6.45, 7) is 4.73. The van der Waals surface area contributed by atoms with E-state index in [9.17, 15) is 0 Å². The maximum absolute atomic E-state index is 6.00. The number of hydrogen-bond acceptors (Lipinski definition) is 4. The van der Waals surface area contributed by atoms with Gasteiger partial charge in [-0.05, 0) is 31.5 Å². The van der Waals surface area contributed by atoms with Crippen LogP contribution in [-0.4, -0.2) is 41.7 Å². The van der Waals surface area contributed by atoms with Crippen LogP contribution in [0, 0.1) is 0 Å². The van der Waals surface area contributed by atoms with Crippen LogP contribution in [0.2, 0.25) is 0 Å². The Bertz CT molecular complexity index is 363. The summed E-state index contributed by atoms with van der Waals surface area (Å²) in [7, 11) is 1.78. The lowest BCUT2D eigenvalue weighted by Gasteiger charge is -2.53. The van der Waals surface area contributed by atoms with E-state index in [0.717, 1.165) is 31.6 Å². The van der Waals surface area contributed by atoms with Crippen molar-refractivity contribution in [3.63, 3.8) is 0 Å². The van der Waals surface area contributed by atoms with Crippen molar-refractivity contribution in [2.75, 3.05) is 20.2 Å². The summed E-state index contributed by atoms with van der Waals surface area (Å²) in [5.74, 6) is 0. The molecule has 0 bridgehead atoms. The largest absolute Gasteiger partial charge is 0.381 e. The van der Waals surface area contributed by atoms with E-state index in [2.05, 4.69) is 22.9 Å². The van der Waals surface area contributed by atoms with E-state index in [4.69, 9.17) is 10.5 Å². The van der Waals surface area contributed by atoms with E-state index < -0.39 is 0 Å². The van der Waals surface area contributed by atoms with Crippen molar-refractivity contribution in [2.24, 2.45) is 5.73 Å². The fraction of sp³-hybridized carbons (Fsp3) is 0.643. The zero-order valence-electron chi connectivity index (χ0n) is 11.3. The van der Waals surface area contributed by atoms with Crippen LogP contribution in [0.3, 0.4) is 0 Å². The normalized spacial score (nSPS) is 27.2. The first kappa shape index (κ1) is 13.5. The maximum atomic E-state index is 6.00. The molecule has 0 radical (unpaired) electrons. The SMILES string of the molecule is CCN(Cc1ccccn1)C1(CN)CC(OC)C1. The second kappa shape index (κ2) is 5.78. The number of rotatable bonds is 6. The van der Waals surface area contributed by atoms with Gasteiger partial charge in [-0.25, -0.2) is 0 Å². The van der Waals surface area contributed by atoms with Crippen LogP contribution in [-0.2, 0) is 11.3 Å². The molecule has 1 fully saturated rings. The van der Waals surface area contributed by atoms with E-state index in [0.29, 0.717) is 12.6 Å². The molecule has 1 aliphatic carbocycles. The van der Waals surface area contributed by atoms with Crippen molar-refractivity contribution in [1.82, 2.24) is 9.88 Å². The lowest BCUT2D eigenvalue weighted by Crippen LogP contribution is -2.63. The standard InChI is InChI=1S/C14H23N3O/c1-3-17(10-12-6-4-5-7-16-12)14(11-15)8-13(9-14)18-2/h4-7,13H,3,8-11,15H2,1-2H3. The van der Waals surface area contributed by atoms with Crippen LogP contribution in [0.15, 0.2) is 24.4 Å². The third-order valence-electron chi connectivity index (χ3n) is 4.06. The van der Waals surface area contributed by atoms with Gasteiger partial charge in [0.25, 0.3) is 0 Å². The number of likely N-dealkylation sites (N-methyl/N-ethyl adjacent to an activating group) is 1. The second-order valence-corrected chi connectivity index (χ2v) is 5.03. The molecule has 1 aromatic rings. The summed E-state index contributed by atoms with van der Waals surface area (Å²) >= 11 is 0. The van der Waals surface area contributed by atoms with Gasteiger partial charge in [-0.15, -0.1) is 0 Å². The molecule has 1 aliphatic rings. The highest BCUT2D eigenvalue weighted by Gasteiger charge is 2.47. The molecule has 4 heteroatoms. The first-order chi connectivity index (χ1) is 8.74. The lowest BCUT2D eigenvalue weighted by molar-refractivity contribution is -0.0893. The number of aromatic nitrogens is 1. The van der Waals surface area contributed by atoms with Gasteiger partial charge >= 0.3 is 0 Å². The molecular weight excluding hydrogens is 226 g/mol. The number of methoxy groups -OCH3 is 1. The van der Waals surface area contributed by atoms with Crippen LogP contribution in [0.25, 0.3) is 0 Å². The molecule has 100 valence electrons. The lowest BCUT2D eigenvalue weighted by atomic mass is 9.72. The molecule has 0 atom stereocenters. The molecule has 1 saturated carbocycles. The van der Waals surface area contributed by atoms with Crippen molar-refractivity contribution in [2.45, 2.75) is 38.0 Å². The predicted molar refractivity (Wildman–Crippen MR) is 72.1 cm³/mol. The third kappa shape index (κ3) is 2.55. The van der Waals surface area contributed by atoms with Gasteiger partial charge in [-0.2, -0.15) is 0 Å². The average molecular weight is 249 g/mol. The fourth-order valence-corrected chi connectivity index (χ4v) is 2.81. The zero-order chi connectivity index (χ0) is 13.0. The van der Waals surface area contributed by atoms with Crippen molar-refractivity contribution in [1.29, 1.82) is 0 Å².